The Morgan fingerprint density at radius 2 is 2.00 bits per heavy atom. The number of thioether (sulfide) groups is 1. The van der Waals surface area contributed by atoms with Gasteiger partial charge in [-0.05, 0) is 37.4 Å². The summed E-state index contributed by atoms with van der Waals surface area (Å²) in [5.74, 6) is -0.227. The van der Waals surface area contributed by atoms with E-state index in [0.29, 0.717) is 17.3 Å². The maximum atomic E-state index is 10.9. The van der Waals surface area contributed by atoms with Crippen molar-refractivity contribution in [2.75, 3.05) is 13.3 Å². The van der Waals surface area contributed by atoms with Gasteiger partial charge in [-0.15, -0.1) is 22.0 Å². The van der Waals surface area contributed by atoms with Gasteiger partial charge in [-0.2, -0.15) is 0 Å². The number of aromatic nitrogens is 2. The third-order valence-electron chi connectivity index (χ3n) is 3.04. The van der Waals surface area contributed by atoms with Crippen LogP contribution in [-0.4, -0.2) is 34.6 Å². The summed E-state index contributed by atoms with van der Waals surface area (Å²) >= 11 is 1.55. The van der Waals surface area contributed by atoms with E-state index in [4.69, 9.17) is 9.52 Å². The molecule has 1 aromatic heterocycles. The minimum absolute atomic E-state index is 0.211. The largest absolute Gasteiger partial charge is 0.478 e. The maximum absolute atomic E-state index is 10.9. The molecule has 6 nitrogen and oxygen atoms in total. The summed E-state index contributed by atoms with van der Waals surface area (Å²) in [7, 11) is 1.83. The van der Waals surface area contributed by atoms with Crippen molar-refractivity contribution in [3.05, 3.63) is 52.9 Å². The van der Waals surface area contributed by atoms with Crippen LogP contribution in [-0.2, 0) is 0 Å². The number of rotatable bonds is 6. The van der Waals surface area contributed by atoms with Crippen LogP contribution in [0.1, 0.15) is 23.2 Å². The van der Waals surface area contributed by atoms with Crippen LogP contribution in [0, 0.1) is 0 Å². The highest BCUT2D eigenvalue weighted by Crippen LogP contribution is 2.27. The zero-order valence-electron chi connectivity index (χ0n) is 13.0. The predicted molar refractivity (Wildman–Crippen MR) is 91.0 cm³/mol. The topological polar surface area (TPSA) is 88.2 Å². The molecule has 2 rings (SSSR count). The Morgan fingerprint density at radius 1 is 1.30 bits per heavy atom. The van der Waals surface area contributed by atoms with E-state index in [1.54, 1.807) is 23.9 Å². The molecule has 0 radical (unpaired) electrons. The number of aromatic carboxylic acids is 1. The average Bonchev–Trinajstić information content (AvgIpc) is 3.05. The molecule has 2 aromatic rings. The van der Waals surface area contributed by atoms with Gasteiger partial charge < -0.3 is 14.8 Å². The predicted octanol–water partition coefficient (Wildman–Crippen LogP) is 3.26. The molecule has 0 aliphatic carbocycles. The molecule has 0 amide bonds. The monoisotopic (exact) mass is 331 g/mol. The molecule has 1 aromatic carbocycles. The highest BCUT2D eigenvalue weighted by molar-refractivity contribution is 8.02. The normalized spacial score (nSPS) is 12.3. The van der Waals surface area contributed by atoms with E-state index in [-0.39, 0.29) is 5.56 Å². The Bertz CT molecular complexity index is 742. The second kappa shape index (κ2) is 7.64. The lowest BCUT2D eigenvalue weighted by Crippen LogP contribution is -2.04. The zero-order valence-corrected chi connectivity index (χ0v) is 13.8. The van der Waals surface area contributed by atoms with E-state index in [1.807, 2.05) is 32.4 Å². The van der Waals surface area contributed by atoms with Gasteiger partial charge in [-0.1, -0.05) is 12.2 Å². The minimum Gasteiger partial charge on any atom is -0.478 e. The molecule has 120 valence electrons. The number of nitrogens with zero attached hydrogens (tertiary/aromatic N) is 2. The molecule has 0 bridgehead atoms. The average molecular weight is 331 g/mol. The highest BCUT2D eigenvalue weighted by atomic mass is 32.2. The molecule has 0 saturated carbocycles. The minimum atomic E-state index is -0.972. The van der Waals surface area contributed by atoms with Crippen molar-refractivity contribution in [3.8, 4) is 11.5 Å². The number of nitrogens with one attached hydrogen (secondary N) is 1. The molecule has 7 heteroatoms. The van der Waals surface area contributed by atoms with Crippen LogP contribution in [0.25, 0.3) is 17.0 Å². The first-order chi connectivity index (χ1) is 11.1. The second-order valence-corrected chi connectivity index (χ2v) is 5.31. The molecule has 0 fully saturated rings. The Balaban J connectivity index is 2.39. The third-order valence-corrected chi connectivity index (χ3v) is 3.88. The van der Waals surface area contributed by atoms with Crippen LogP contribution < -0.4 is 5.32 Å². The van der Waals surface area contributed by atoms with Crippen LogP contribution in [0.5, 0.6) is 0 Å². The van der Waals surface area contributed by atoms with Gasteiger partial charge in [0.15, 0.2) is 0 Å². The van der Waals surface area contributed by atoms with E-state index < -0.39 is 5.97 Å². The number of hydrogen-bond acceptors (Lipinski definition) is 6. The molecular formula is C16H17N3O3S. The van der Waals surface area contributed by atoms with Gasteiger partial charge in [-0.25, -0.2) is 4.79 Å². The first-order valence-corrected chi connectivity index (χ1v) is 8.09. The molecule has 0 aliphatic rings. The summed E-state index contributed by atoms with van der Waals surface area (Å²) in [6, 6.07) is 6.30. The van der Waals surface area contributed by atoms with E-state index in [0.717, 1.165) is 10.6 Å². The lowest BCUT2D eigenvalue weighted by molar-refractivity contribution is 0.0697. The first-order valence-electron chi connectivity index (χ1n) is 6.87. The van der Waals surface area contributed by atoms with Gasteiger partial charge in [0.2, 0.25) is 5.89 Å². The van der Waals surface area contributed by atoms with E-state index in [2.05, 4.69) is 15.5 Å². The highest BCUT2D eigenvalue weighted by Gasteiger charge is 2.15. The smallest absolute Gasteiger partial charge is 0.335 e. The van der Waals surface area contributed by atoms with Gasteiger partial charge in [0.25, 0.3) is 5.89 Å². The van der Waals surface area contributed by atoms with Crippen molar-refractivity contribution >= 4 is 23.3 Å². The Labute approximate surface area is 138 Å². The zero-order chi connectivity index (χ0) is 16.8. The quantitative estimate of drug-likeness (QED) is 0.785. The Hall–Kier alpha value is -2.54. The van der Waals surface area contributed by atoms with Gasteiger partial charge in [0.05, 0.1) is 16.2 Å². The maximum Gasteiger partial charge on any atom is 0.335 e. The van der Waals surface area contributed by atoms with Crippen molar-refractivity contribution < 1.29 is 14.3 Å². The van der Waals surface area contributed by atoms with Crippen molar-refractivity contribution in [3.63, 3.8) is 0 Å². The summed E-state index contributed by atoms with van der Waals surface area (Å²) in [4.78, 5) is 10.9. The van der Waals surface area contributed by atoms with Crippen LogP contribution in [0.2, 0.25) is 0 Å². The molecule has 2 N–H and O–H groups in total. The molecule has 0 spiro atoms. The Kier molecular flexibility index (Phi) is 5.59. The van der Waals surface area contributed by atoms with Crippen LogP contribution >= 0.6 is 11.8 Å². The summed E-state index contributed by atoms with van der Waals surface area (Å²) in [6.07, 6.45) is 5.75. The van der Waals surface area contributed by atoms with Crippen molar-refractivity contribution in [1.82, 2.24) is 15.5 Å². The first kappa shape index (κ1) is 16.8. The molecule has 0 saturated heterocycles. The summed E-state index contributed by atoms with van der Waals surface area (Å²) < 4.78 is 5.74. The summed E-state index contributed by atoms with van der Waals surface area (Å²) in [5.41, 5.74) is 1.69. The van der Waals surface area contributed by atoms with Gasteiger partial charge in [-0.3, -0.25) is 0 Å². The number of carboxylic acids is 1. The lowest BCUT2D eigenvalue weighted by Gasteiger charge is -2.06. The van der Waals surface area contributed by atoms with Crippen molar-refractivity contribution in [2.24, 2.45) is 0 Å². The summed E-state index contributed by atoms with van der Waals surface area (Å²) in [5, 5.41) is 21.1. The number of carbonyl (C=O) groups is 1. The van der Waals surface area contributed by atoms with Crippen molar-refractivity contribution in [1.29, 1.82) is 0 Å². The molecule has 0 aliphatic heterocycles. The molecule has 0 atom stereocenters. The van der Waals surface area contributed by atoms with E-state index in [9.17, 15) is 4.79 Å². The number of hydrogen-bond donors (Lipinski definition) is 2. The van der Waals surface area contributed by atoms with Gasteiger partial charge >= 0.3 is 5.97 Å². The number of allylic oxidation sites excluding steroid dienone is 3. The fraction of sp³-hybridized carbons (Fsp3) is 0.188. The molecule has 23 heavy (non-hydrogen) atoms. The van der Waals surface area contributed by atoms with Crippen LogP contribution in [0.3, 0.4) is 0 Å². The van der Waals surface area contributed by atoms with E-state index >= 15 is 0 Å². The standard InChI is InChI=1S/C16H17N3O3S/c1-4-5-12(15(17-2)23-3)14-19-18-13(22-14)10-6-8-11(9-7-10)16(20)21/h4-9,17H,1-3H3,(H,20,21)/b5-4-,15-12-. The molecular weight excluding hydrogens is 314 g/mol. The summed E-state index contributed by atoms with van der Waals surface area (Å²) in [6.45, 7) is 1.91. The van der Waals surface area contributed by atoms with E-state index in [1.165, 1.54) is 12.1 Å². The fourth-order valence-corrected chi connectivity index (χ4v) is 2.54. The Morgan fingerprint density at radius 3 is 2.52 bits per heavy atom. The van der Waals surface area contributed by atoms with Crippen LogP contribution in [0.15, 0.2) is 45.9 Å². The second-order valence-electron chi connectivity index (χ2n) is 4.49. The van der Waals surface area contributed by atoms with Crippen LogP contribution in [0.4, 0.5) is 0 Å². The lowest BCUT2D eigenvalue weighted by atomic mass is 10.1. The van der Waals surface area contributed by atoms with Gasteiger partial charge in [0, 0.05) is 12.6 Å². The third kappa shape index (κ3) is 3.81. The fourth-order valence-electron chi connectivity index (χ4n) is 1.96. The molecule has 0 unspecified atom stereocenters. The number of carboxylic acid groups (broad SMARTS) is 1. The van der Waals surface area contributed by atoms with Crippen molar-refractivity contribution in [2.45, 2.75) is 6.92 Å². The number of benzene rings is 1. The molecule has 1 heterocycles. The SMILES string of the molecule is C/C=C\C(=C(/NC)SC)c1nnc(-c2ccc(C(=O)O)cc2)o1. The van der Waals surface area contributed by atoms with Gasteiger partial charge in [0.1, 0.15) is 0 Å².